The van der Waals surface area contributed by atoms with Gasteiger partial charge in [0.15, 0.2) is 0 Å². The molecular weight excluding hydrogens is 446 g/mol. The van der Waals surface area contributed by atoms with Crippen LogP contribution in [0.2, 0.25) is 0 Å². The molecule has 36 heavy (non-hydrogen) atoms. The molecule has 5 heteroatoms. The van der Waals surface area contributed by atoms with Gasteiger partial charge in [-0.1, -0.05) is 78.9 Å². The molecule has 2 N–H and O–H groups in total. The van der Waals surface area contributed by atoms with Crippen molar-refractivity contribution in [3.05, 3.63) is 108 Å². The molecule has 0 saturated carbocycles. The lowest BCUT2D eigenvalue weighted by Gasteiger charge is -2.41. The highest BCUT2D eigenvalue weighted by atomic mass is 16.4. The van der Waals surface area contributed by atoms with Crippen LogP contribution in [0, 0.1) is 0 Å². The largest absolute Gasteiger partial charge is 0.465 e. The highest BCUT2D eigenvalue weighted by Crippen LogP contribution is 2.37. The maximum atomic E-state index is 12.2. The lowest BCUT2D eigenvalue weighted by molar-refractivity contribution is 0.0771. The number of benzene rings is 3. The standard InChI is InChI=1S/C31H35N3O2/c1-23(33(21-24-10-4-2-5-11-24)22-25-12-6-3-7-13-25)18-27-19-26(16-17-34(27)31(35)36)29-20-32-30-15-9-8-14-28(29)30/h2-15,20,23,26-27,32H,16-19,21-22H2,1H3,(H,35,36). The van der Waals surface area contributed by atoms with E-state index in [4.69, 9.17) is 0 Å². The molecule has 1 aliphatic heterocycles. The fourth-order valence-corrected chi connectivity index (χ4v) is 5.79. The predicted octanol–water partition coefficient (Wildman–Crippen LogP) is 6.87. The maximum absolute atomic E-state index is 12.2. The molecule has 3 aromatic carbocycles. The van der Waals surface area contributed by atoms with Crippen molar-refractivity contribution in [2.45, 2.75) is 57.3 Å². The SMILES string of the molecule is CC(CC1CC(c2c[nH]c3ccccc23)CCN1C(=O)O)N(Cc1ccccc1)Cc1ccccc1. The second kappa shape index (κ2) is 11.0. The van der Waals surface area contributed by atoms with Crippen LogP contribution in [0.1, 0.15) is 48.8 Å². The molecule has 2 heterocycles. The Hall–Kier alpha value is -3.57. The number of likely N-dealkylation sites (tertiary alicyclic amines) is 1. The van der Waals surface area contributed by atoms with Gasteiger partial charge in [-0.05, 0) is 54.9 Å². The monoisotopic (exact) mass is 481 g/mol. The number of hydrogen-bond donors (Lipinski definition) is 2. The van der Waals surface area contributed by atoms with Gasteiger partial charge in [0.2, 0.25) is 0 Å². The lowest BCUT2D eigenvalue weighted by atomic mass is 9.83. The number of amides is 1. The molecule has 0 bridgehead atoms. The predicted molar refractivity (Wildman–Crippen MR) is 145 cm³/mol. The normalized spacial score (nSPS) is 19.0. The molecule has 0 spiro atoms. The number of rotatable bonds is 8. The molecule has 5 nitrogen and oxygen atoms in total. The molecule has 1 amide bonds. The van der Waals surface area contributed by atoms with Crippen molar-refractivity contribution in [2.24, 2.45) is 0 Å². The summed E-state index contributed by atoms with van der Waals surface area (Å²) in [5, 5.41) is 11.3. The van der Waals surface area contributed by atoms with E-state index in [1.54, 1.807) is 4.90 Å². The van der Waals surface area contributed by atoms with Crippen molar-refractivity contribution in [2.75, 3.05) is 6.54 Å². The third kappa shape index (κ3) is 5.47. The number of carboxylic acid groups (broad SMARTS) is 1. The van der Waals surface area contributed by atoms with Gasteiger partial charge in [-0.2, -0.15) is 0 Å². The summed E-state index contributed by atoms with van der Waals surface area (Å²) >= 11 is 0. The van der Waals surface area contributed by atoms with Gasteiger partial charge in [0, 0.05) is 48.8 Å². The number of nitrogens with one attached hydrogen (secondary N) is 1. The molecule has 186 valence electrons. The van der Waals surface area contributed by atoms with Crippen LogP contribution < -0.4 is 0 Å². The Balaban J connectivity index is 1.36. The fourth-order valence-electron chi connectivity index (χ4n) is 5.79. The number of aromatic nitrogens is 1. The van der Waals surface area contributed by atoms with Crippen LogP contribution in [-0.4, -0.2) is 44.6 Å². The summed E-state index contributed by atoms with van der Waals surface area (Å²) in [7, 11) is 0. The second-order valence-electron chi connectivity index (χ2n) is 10.1. The number of hydrogen-bond acceptors (Lipinski definition) is 2. The second-order valence-corrected chi connectivity index (χ2v) is 10.1. The molecule has 0 radical (unpaired) electrons. The summed E-state index contributed by atoms with van der Waals surface area (Å²) in [6.07, 6.45) is 3.84. The van der Waals surface area contributed by atoms with Gasteiger partial charge in [-0.15, -0.1) is 0 Å². The van der Waals surface area contributed by atoms with Gasteiger partial charge in [0.1, 0.15) is 0 Å². The topological polar surface area (TPSA) is 59.6 Å². The number of carbonyl (C=O) groups is 1. The average Bonchev–Trinajstić information content (AvgIpc) is 3.33. The zero-order valence-electron chi connectivity index (χ0n) is 20.9. The zero-order valence-corrected chi connectivity index (χ0v) is 20.9. The Morgan fingerprint density at radius 1 is 0.972 bits per heavy atom. The Morgan fingerprint density at radius 3 is 2.22 bits per heavy atom. The minimum atomic E-state index is -0.803. The van der Waals surface area contributed by atoms with E-state index in [0.717, 1.165) is 37.9 Å². The molecule has 5 rings (SSSR count). The Labute approximate surface area is 213 Å². The summed E-state index contributed by atoms with van der Waals surface area (Å²) in [6.45, 7) is 4.50. The lowest BCUT2D eigenvalue weighted by Crippen LogP contribution is -2.48. The third-order valence-electron chi connectivity index (χ3n) is 7.72. The van der Waals surface area contributed by atoms with Crippen molar-refractivity contribution in [3.63, 3.8) is 0 Å². The van der Waals surface area contributed by atoms with E-state index in [1.807, 2.05) is 18.2 Å². The summed E-state index contributed by atoms with van der Waals surface area (Å²) < 4.78 is 0. The van der Waals surface area contributed by atoms with E-state index in [9.17, 15) is 9.90 Å². The van der Waals surface area contributed by atoms with Crippen LogP contribution in [0.5, 0.6) is 0 Å². The average molecular weight is 482 g/mol. The van der Waals surface area contributed by atoms with E-state index in [2.05, 4.69) is 89.7 Å². The maximum Gasteiger partial charge on any atom is 0.407 e. The number of H-pyrrole nitrogens is 1. The Morgan fingerprint density at radius 2 is 1.58 bits per heavy atom. The van der Waals surface area contributed by atoms with Gasteiger partial charge < -0.3 is 15.0 Å². The van der Waals surface area contributed by atoms with Crippen molar-refractivity contribution in [1.29, 1.82) is 0 Å². The number of piperidine rings is 1. The van der Waals surface area contributed by atoms with Gasteiger partial charge in [-0.3, -0.25) is 4.90 Å². The first kappa shape index (κ1) is 24.1. The minimum absolute atomic E-state index is 0.0149. The smallest absolute Gasteiger partial charge is 0.407 e. The van der Waals surface area contributed by atoms with Crippen LogP contribution in [0.15, 0.2) is 91.1 Å². The summed E-state index contributed by atoms with van der Waals surface area (Å²) in [5.74, 6) is 0.352. The van der Waals surface area contributed by atoms with Crippen molar-refractivity contribution in [3.8, 4) is 0 Å². The fraction of sp³-hybridized carbons (Fsp3) is 0.323. The van der Waals surface area contributed by atoms with Crippen LogP contribution in [0.25, 0.3) is 10.9 Å². The van der Waals surface area contributed by atoms with Gasteiger partial charge >= 0.3 is 6.09 Å². The van der Waals surface area contributed by atoms with Gasteiger partial charge in [0.25, 0.3) is 0 Å². The van der Waals surface area contributed by atoms with E-state index in [0.29, 0.717) is 12.5 Å². The van der Waals surface area contributed by atoms with Crippen LogP contribution in [-0.2, 0) is 13.1 Å². The Kier molecular flexibility index (Phi) is 7.38. The molecule has 1 aliphatic rings. The first-order chi connectivity index (χ1) is 17.6. The number of fused-ring (bicyclic) bond motifs is 1. The van der Waals surface area contributed by atoms with Crippen molar-refractivity contribution in [1.82, 2.24) is 14.8 Å². The molecule has 3 unspecified atom stereocenters. The molecule has 1 fully saturated rings. The van der Waals surface area contributed by atoms with Gasteiger partial charge in [0.05, 0.1) is 0 Å². The summed E-state index contributed by atoms with van der Waals surface area (Å²) in [5.41, 5.74) is 5.01. The molecule has 0 aliphatic carbocycles. The van der Waals surface area contributed by atoms with Crippen LogP contribution in [0.4, 0.5) is 4.79 Å². The molecule has 1 saturated heterocycles. The van der Waals surface area contributed by atoms with Crippen LogP contribution in [0.3, 0.4) is 0 Å². The summed E-state index contributed by atoms with van der Waals surface area (Å²) in [4.78, 5) is 19.8. The van der Waals surface area contributed by atoms with Crippen molar-refractivity contribution < 1.29 is 9.90 Å². The summed E-state index contributed by atoms with van der Waals surface area (Å²) in [6, 6.07) is 29.7. The van der Waals surface area contributed by atoms with Crippen molar-refractivity contribution >= 4 is 17.0 Å². The third-order valence-corrected chi connectivity index (χ3v) is 7.72. The van der Waals surface area contributed by atoms with Crippen LogP contribution >= 0.6 is 0 Å². The molecule has 4 aromatic rings. The van der Waals surface area contributed by atoms with E-state index >= 15 is 0 Å². The molecular formula is C31H35N3O2. The first-order valence-electron chi connectivity index (χ1n) is 13.0. The number of aromatic amines is 1. The van der Waals surface area contributed by atoms with E-state index < -0.39 is 6.09 Å². The number of nitrogens with zero attached hydrogens (tertiary/aromatic N) is 2. The van der Waals surface area contributed by atoms with E-state index in [-0.39, 0.29) is 12.1 Å². The highest BCUT2D eigenvalue weighted by molar-refractivity contribution is 5.83. The van der Waals surface area contributed by atoms with E-state index in [1.165, 1.54) is 22.1 Å². The Bertz CT molecular complexity index is 1230. The van der Waals surface area contributed by atoms with Gasteiger partial charge in [-0.25, -0.2) is 4.79 Å². The zero-order chi connectivity index (χ0) is 24.9. The minimum Gasteiger partial charge on any atom is -0.465 e. The highest BCUT2D eigenvalue weighted by Gasteiger charge is 2.35. The number of para-hydroxylation sites is 1. The quantitative estimate of drug-likeness (QED) is 0.289. The molecule has 3 atom stereocenters. The first-order valence-corrected chi connectivity index (χ1v) is 13.0. The molecule has 1 aromatic heterocycles.